The summed E-state index contributed by atoms with van der Waals surface area (Å²) >= 11 is 0. The third-order valence-electron chi connectivity index (χ3n) is 3.40. The SMILES string of the molecule is CN(C)c1ncccc1NCc1ccc2cnccc2c1. The summed E-state index contributed by atoms with van der Waals surface area (Å²) in [5.41, 5.74) is 2.28. The third-order valence-corrected chi connectivity index (χ3v) is 3.40. The van der Waals surface area contributed by atoms with E-state index in [1.165, 1.54) is 10.9 Å². The lowest BCUT2D eigenvalue weighted by Gasteiger charge is -2.17. The molecule has 3 rings (SSSR count). The molecule has 3 aromatic rings. The van der Waals surface area contributed by atoms with Crippen molar-refractivity contribution in [3.63, 3.8) is 0 Å². The van der Waals surface area contributed by atoms with Gasteiger partial charge in [-0.3, -0.25) is 4.98 Å². The molecule has 4 heteroatoms. The van der Waals surface area contributed by atoms with Crippen LogP contribution < -0.4 is 10.2 Å². The fraction of sp³-hybridized carbons (Fsp3) is 0.176. The lowest BCUT2D eigenvalue weighted by atomic mass is 10.1. The summed E-state index contributed by atoms with van der Waals surface area (Å²) in [5, 5.41) is 5.83. The number of nitrogens with zero attached hydrogens (tertiary/aromatic N) is 3. The van der Waals surface area contributed by atoms with Crippen LogP contribution in [0.5, 0.6) is 0 Å². The number of pyridine rings is 2. The molecule has 0 saturated heterocycles. The van der Waals surface area contributed by atoms with Crippen LogP contribution in [0.25, 0.3) is 10.8 Å². The van der Waals surface area contributed by atoms with Gasteiger partial charge in [0.25, 0.3) is 0 Å². The Hall–Kier alpha value is -2.62. The molecule has 0 fully saturated rings. The summed E-state index contributed by atoms with van der Waals surface area (Å²) in [6, 6.07) is 12.5. The van der Waals surface area contributed by atoms with Gasteiger partial charge in [-0.2, -0.15) is 0 Å². The average molecular weight is 278 g/mol. The Morgan fingerprint density at radius 1 is 1.05 bits per heavy atom. The van der Waals surface area contributed by atoms with E-state index in [0.717, 1.165) is 23.4 Å². The second kappa shape index (κ2) is 5.79. The standard InChI is InChI=1S/C17H18N4/c1-21(2)17-16(4-3-8-19-17)20-11-13-5-6-15-12-18-9-7-14(15)10-13/h3-10,12,20H,11H2,1-2H3. The van der Waals surface area contributed by atoms with Crippen LogP contribution in [0.15, 0.2) is 55.0 Å². The number of nitrogens with one attached hydrogen (secondary N) is 1. The van der Waals surface area contributed by atoms with Crippen LogP contribution in [-0.2, 0) is 6.54 Å². The van der Waals surface area contributed by atoms with E-state index in [1.807, 2.05) is 55.8 Å². The van der Waals surface area contributed by atoms with E-state index < -0.39 is 0 Å². The lowest BCUT2D eigenvalue weighted by molar-refractivity contribution is 1.05. The fourth-order valence-corrected chi connectivity index (χ4v) is 2.33. The summed E-state index contributed by atoms with van der Waals surface area (Å²) in [5.74, 6) is 0.947. The monoisotopic (exact) mass is 278 g/mol. The molecule has 0 aliphatic rings. The summed E-state index contributed by atoms with van der Waals surface area (Å²) in [4.78, 5) is 10.5. The predicted octanol–water partition coefficient (Wildman–Crippen LogP) is 3.31. The van der Waals surface area contributed by atoms with Crippen LogP contribution in [0.2, 0.25) is 0 Å². The minimum absolute atomic E-state index is 0.769. The van der Waals surface area contributed by atoms with Gasteiger partial charge in [-0.1, -0.05) is 12.1 Å². The quantitative estimate of drug-likeness (QED) is 0.795. The number of anilines is 2. The summed E-state index contributed by atoms with van der Waals surface area (Å²) in [6.07, 6.45) is 5.52. The van der Waals surface area contributed by atoms with E-state index in [1.54, 1.807) is 0 Å². The second-order valence-electron chi connectivity index (χ2n) is 5.18. The van der Waals surface area contributed by atoms with Crippen molar-refractivity contribution in [2.75, 3.05) is 24.3 Å². The van der Waals surface area contributed by atoms with Gasteiger partial charge in [0.15, 0.2) is 5.82 Å². The first kappa shape index (κ1) is 13.4. The molecule has 0 atom stereocenters. The molecule has 0 radical (unpaired) electrons. The number of rotatable bonds is 4. The maximum atomic E-state index is 4.40. The number of benzene rings is 1. The molecule has 1 N–H and O–H groups in total. The number of hydrogen-bond donors (Lipinski definition) is 1. The van der Waals surface area contributed by atoms with Gasteiger partial charge in [-0.15, -0.1) is 0 Å². The topological polar surface area (TPSA) is 41.1 Å². The summed E-state index contributed by atoms with van der Waals surface area (Å²) in [7, 11) is 3.99. The minimum atomic E-state index is 0.769. The molecule has 106 valence electrons. The highest BCUT2D eigenvalue weighted by Crippen LogP contribution is 2.22. The zero-order valence-corrected chi connectivity index (χ0v) is 12.2. The van der Waals surface area contributed by atoms with Crippen LogP contribution in [-0.4, -0.2) is 24.1 Å². The number of aromatic nitrogens is 2. The molecule has 0 saturated carbocycles. The normalized spacial score (nSPS) is 10.6. The van der Waals surface area contributed by atoms with Crippen molar-refractivity contribution in [1.29, 1.82) is 0 Å². The van der Waals surface area contributed by atoms with E-state index in [-0.39, 0.29) is 0 Å². The number of fused-ring (bicyclic) bond motifs is 1. The lowest BCUT2D eigenvalue weighted by Crippen LogP contribution is -2.13. The Morgan fingerprint density at radius 3 is 2.81 bits per heavy atom. The molecule has 0 amide bonds. The highest BCUT2D eigenvalue weighted by Gasteiger charge is 2.05. The molecule has 0 bridgehead atoms. The highest BCUT2D eigenvalue weighted by atomic mass is 15.2. The van der Waals surface area contributed by atoms with Crippen LogP contribution in [0.3, 0.4) is 0 Å². The maximum Gasteiger partial charge on any atom is 0.151 e. The Bertz CT molecular complexity index is 752. The van der Waals surface area contributed by atoms with Crippen molar-refractivity contribution in [2.45, 2.75) is 6.54 Å². The number of hydrogen-bond acceptors (Lipinski definition) is 4. The fourth-order valence-electron chi connectivity index (χ4n) is 2.33. The van der Waals surface area contributed by atoms with Gasteiger partial charge in [0, 0.05) is 44.6 Å². The average Bonchev–Trinajstić information content (AvgIpc) is 2.53. The largest absolute Gasteiger partial charge is 0.378 e. The van der Waals surface area contributed by atoms with Crippen molar-refractivity contribution in [3.05, 3.63) is 60.6 Å². The minimum Gasteiger partial charge on any atom is -0.378 e. The molecule has 2 aromatic heterocycles. The molecular weight excluding hydrogens is 260 g/mol. The molecule has 0 aliphatic heterocycles. The smallest absolute Gasteiger partial charge is 0.151 e. The van der Waals surface area contributed by atoms with Crippen molar-refractivity contribution in [2.24, 2.45) is 0 Å². The van der Waals surface area contributed by atoms with E-state index in [9.17, 15) is 0 Å². The van der Waals surface area contributed by atoms with E-state index in [0.29, 0.717) is 0 Å². The van der Waals surface area contributed by atoms with Gasteiger partial charge in [0.05, 0.1) is 5.69 Å². The Labute approximate surface area is 124 Å². The highest BCUT2D eigenvalue weighted by molar-refractivity contribution is 5.82. The van der Waals surface area contributed by atoms with Crippen LogP contribution >= 0.6 is 0 Å². The first-order chi connectivity index (χ1) is 10.2. The van der Waals surface area contributed by atoms with E-state index >= 15 is 0 Å². The van der Waals surface area contributed by atoms with Crippen molar-refractivity contribution >= 4 is 22.3 Å². The molecule has 0 unspecified atom stereocenters. The molecule has 1 aromatic carbocycles. The molecule has 21 heavy (non-hydrogen) atoms. The van der Waals surface area contributed by atoms with Crippen molar-refractivity contribution in [3.8, 4) is 0 Å². The first-order valence-corrected chi connectivity index (χ1v) is 6.93. The molecule has 2 heterocycles. The molecule has 4 nitrogen and oxygen atoms in total. The van der Waals surface area contributed by atoms with Crippen molar-refractivity contribution < 1.29 is 0 Å². The summed E-state index contributed by atoms with van der Waals surface area (Å²) < 4.78 is 0. The van der Waals surface area contributed by atoms with E-state index in [2.05, 4.69) is 33.5 Å². The Morgan fingerprint density at radius 2 is 1.95 bits per heavy atom. The van der Waals surface area contributed by atoms with Gasteiger partial charge in [-0.25, -0.2) is 4.98 Å². The zero-order chi connectivity index (χ0) is 14.7. The maximum absolute atomic E-state index is 4.40. The van der Waals surface area contributed by atoms with Gasteiger partial charge in [0.1, 0.15) is 0 Å². The van der Waals surface area contributed by atoms with Gasteiger partial charge < -0.3 is 10.2 Å². The first-order valence-electron chi connectivity index (χ1n) is 6.93. The van der Waals surface area contributed by atoms with E-state index in [4.69, 9.17) is 0 Å². The molecule has 0 spiro atoms. The summed E-state index contributed by atoms with van der Waals surface area (Å²) in [6.45, 7) is 0.769. The van der Waals surface area contributed by atoms with Crippen LogP contribution in [0.1, 0.15) is 5.56 Å². The Kier molecular flexibility index (Phi) is 3.69. The second-order valence-corrected chi connectivity index (χ2v) is 5.18. The van der Waals surface area contributed by atoms with Gasteiger partial charge in [-0.05, 0) is 35.2 Å². The Balaban J connectivity index is 1.80. The molecular formula is C17H18N4. The van der Waals surface area contributed by atoms with Crippen LogP contribution in [0, 0.1) is 0 Å². The zero-order valence-electron chi connectivity index (χ0n) is 12.2. The van der Waals surface area contributed by atoms with Crippen molar-refractivity contribution in [1.82, 2.24) is 9.97 Å². The predicted molar refractivity (Wildman–Crippen MR) is 87.6 cm³/mol. The molecule has 0 aliphatic carbocycles. The van der Waals surface area contributed by atoms with Gasteiger partial charge in [0.2, 0.25) is 0 Å². The van der Waals surface area contributed by atoms with Gasteiger partial charge >= 0.3 is 0 Å². The third kappa shape index (κ3) is 2.94. The van der Waals surface area contributed by atoms with Crippen LogP contribution in [0.4, 0.5) is 11.5 Å².